The molecule has 2 heterocycles. The zero-order valence-corrected chi connectivity index (χ0v) is 18.3. The summed E-state index contributed by atoms with van der Waals surface area (Å²) in [5.41, 5.74) is 3.72. The second-order valence-electron chi connectivity index (χ2n) is 7.81. The van der Waals surface area contributed by atoms with Crippen LogP contribution in [0.15, 0.2) is 77.7 Å². The Hall–Kier alpha value is -3.49. The molecular weight excluding hydrogens is 424 g/mol. The van der Waals surface area contributed by atoms with Gasteiger partial charge in [0.2, 0.25) is 10.0 Å². The summed E-state index contributed by atoms with van der Waals surface area (Å²) in [7, 11) is -2.08. The first-order chi connectivity index (χ1) is 15.4. The highest BCUT2D eigenvalue weighted by Gasteiger charge is 2.28. The molecule has 0 bridgehead atoms. The van der Waals surface area contributed by atoms with E-state index < -0.39 is 16.1 Å². The molecule has 5 rings (SSSR count). The van der Waals surface area contributed by atoms with Crippen LogP contribution in [-0.4, -0.2) is 30.4 Å². The molecule has 0 radical (unpaired) electrons. The number of aromatic nitrogens is 2. The van der Waals surface area contributed by atoms with Crippen molar-refractivity contribution in [3.63, 3.8) is 0 Å². The molecule has 0 spiro atoms. The Morgan fingerprint density at radius 2 is 1.78 bits per heavy atom. The number of nitrogens with one attached hydrogen (secondary N) is 2. The molecule has 1 aliphatic rings. The van der Waals surface area contributed by atoms with Crippen LogP contribution < -0.4 is 10.0 Å². The molecule has 2 N–H and O–H groups in total. The average Bonchev–Trinajstić information content (AvgIpc) is 3.14. The lowest BCUT2D eigenvalue weighted by molar-refractivity contribution is 0.0945. The minimum atomic E-state index is -3.95. The smallest absolute Gasteiger partial charge is 0.251 e. The summed E-state index contributed by atoms with van der Waals surface area (Å²) in [4.78, 5) is 17.0. The molecule has 0 saturated heterocycles. The lowest BCUT2D eigenvalue weighted by Gasteiger charge is -2.21. The van der Waals surface area contributed by atoms with Gasteiger partial charge < -0.3 is 9.88 Å². The zero-order valence-electron chi connectivity index (χ0n) is 17.4. The maximum absolute atomic E-state index is 13.4. The van der Waals surface area contributed by atoms with Crippen molar-refractivity contribution in [2.45, 2.75) is 17.4 Å². The molecule has 1 atom stereocenters. The van der Waals surface area contributed by atoms with Gasteiger partial charge in [-0.1, -0.05) is 48.5 Å². The molecule has 1 amide bonds. The highest BCUT2D eigenvalue weighted by molar-refractivity contribution is 7.89. The number of fused-ring (bicyclic) bond motifs is 2. The fourth-order valence-corrected chi connectivity index (χ4v) is 5.33. The van der Waals surface area contributed by atoms with Gasteiger partial charge >= 0.3 is 0 Å². The zero-order chi connectivity index (χ0) is 22.3. The predicted molar refractivity (Wildman–Crippen MR) is 122 cm³/mol. The first-order valence-corrected chi connectivity index (χ1v) is 11.8. The Labute approximate surface area is 186 Å². The van der Waals surface area contributed by atoms with Crippen molar-refractivity contribution in [3.8, 4) is 0 Å². The van der Waals surface area contributed by atoms with Crippen LogP contribution in [-0.2, 0) is 23.5 Å². The molecule has 7 nitrogen and oxygen atoms in total. The Bertz CT molecular complexity index is 1430. The van der Waals surface area contributed by atoms with Crippen molar-refractivity contribution in [2.24, 2.45) is 7.05 Å². The number of rotatable bonds is 5. The summed E-state index contributed by atoms with van der Waals surface area (Å²) < 4.78 is 31.6. The normalized spacial score (nSPS) is 14.7. The van der Waals surface area contributed by atoms with Gasteiger partial charge in [-0.2, -0.15) is 4.72 Å². The first-order valence-electron chi connectivity index (χ1n) is 10.3. The van der Waals surface area contributed by atoms with E-state index in [2.05, 4.69) is 10.0 Å². The highest BCUT2D eigenvalue weighted by Crippen LogP contribution is 2.27. The van der Waals surface area contributed by atoms with Crippen LogP contribution in [0, 0.1) is 0 Å². The molecule has 162 valence electrons. The van der Waals surface area contributed by atoms with Gasteiger partial charge in [0.25, 0.3) is 5.91 Å². The number of carbonyl (C=O) groups excluding carboxylic acids is 1. The standard InChI is InChI=1S/C24H22N4O3S/c1-28-21-10-6-5-9-20(21)26-23(28)22(17-7-3-2-4-8-17)27-32(30,31)18-12-11-16-13-14-25-24(29)19(16)15-18/h2-12,15,22,27H,13-14H2,1H3,(H,25,29). The summed E-state index contributed by atoms with van der Waals surface area (Å²) >= 11 is 0. The molecule has 1 aliphatic heterocycles. The summed E-state index contributed by atoms with van der Waals surface area (Å²) in [6, 6.07) is 21.0. The van der Waals surface area contributed by atoms with Crippen LogP contribution >= 0.6 is 0 Å². The second kappa shape index (κ2) is 7.89. The van der Waals surface area contributed by atoms with Gasteiger partial charge in [0, 0.05) is 19.2 Å². The number of imidazole rings is 1. The molecular formula is C24H22N4O3S. The van der Waals surface area contributed by atoms with Crippen LogP contribution in [0.2, 0.25) is 0 Å². The first kappa shape index (κ1) is 20.4. The molecule has 1 aromatic heterocycles. The van der Waals surface area contributed by atoms with Crippen molar-refractivity contribution in [3.05, 3.63) is 95.3 Å². The van der Waals surface area contributed by atoms with Gasteiger partial charge in [0.15, 0.2) is 0 Å². The van der Waals surface area contributed by atoms with E-state index in [1.165, 1.54) is 6.07 Å². The van der Waals surface area contributed by atoms with E-state index in [4.69, 9.17) is 4.98 Å². The van der Waals surface area contributed by atoms with Crippen molar-refractivity contribution >= 4 is 27.0 Å². The highest BCUT2D eigenvalue weighted by atomic mass is 32.2. The third-order valence-electron chi connectivity index (χ3n) is 5.80. The average molecular weight is 447 g/mol. The topological polar surface area (TPSA) is 93.1 Å². The molecule has 1 unspecified atom stereocenters. The maximum Gasteiger partial charge on any atom is 0.251 e. The van der Waals surface area contributed by atoms with Gasteiger partial charge in [-0.15, -0.1) is 0 Å². The van der Waals surface area contributed by atoms with E-state index >= 15 is 0 Å². The lowest BCUT2D eigenvalue weighted by atomic mass is 10.0. The third-order valence-corrected chi connectivity index (χ3v) is 7.22. The van der Waals surface area contributed by atoms with E-state index in [0.29, 0.717) is 24.4 Å². The lowest BCUT2D eigenvalue weighted by Crippen LogP contribution is -2.33. The fourth-order valence-electron chi connectivity index (χ4n) is 4.12. The Morgan fingerprint density at radius 3 is 2.56 bits per heavy atom. The summed E-state index contributed by atoms with van der Waals surface area (Å²) in [5.74, 6) is 0.329. The Kier molecular flexibility index (Phi) is 5.03. The number of para-hydroxylation sites is 2. The summed E-state index contributed by atoms with van der Waals surface area (Å²) in [6.45, 7) is 0.555. The van der Waals surface area contributed by atoms with Crippen LogP contribution in [0.4, 0.5) is 0 Å². The van der Waals surface area contributed by atoms with Crippen LogP contribution in [0.1, 0.15) is 33.4 Å². The maximum atomic E-state index is 13.4. The fraction of sp³-hybridized carbons (Fsp3) is 0.167. The van der Waals surface area contributed by atoms with Crippen molar-refractivity contribution in [1.29, 1.82) is 0 Å². The van der Waals surface area contributed by atoms with Crippen molar-refractivity contribution < 1.29 is 13.2 Å². The molecule has 0 fully saturated rings. The Balaban J connectivity index is 1.59. The summed E-state index contributed by atoms with van der Waals surface area (Å²) in [5, 5.41) is 2.76. The molecule has 0 saturated carbocycles. The van der Waals surface area contributed by atoms with Crippen LogP contribution in [0.3, 0.4) is 0 Å². The van der Waals surface area contributed by atoms with Crippen molar-refractivity contribution in [1.82, 2.24) is 19.6 Å². The largest absolute Gasteiger partial charge is 0.352 e. The number of carbonyl (C=O) groups is 1. The van der Waals surface area contributed by atoms with Gasteiger partial charge in [0.05, 0.1) is 15.9 Å². The van der Waals surface area contributed by atoms with E-state index in [-0.39, 0.29) is 10.8 Å². The third kappa shape index (κ3) is 3.57. The summed E-state index contributed by atoms with van der Waals surface area (Å²) in [6.07, 6.45) is 0.682. The molecule has 0 aliphatic carbocycles. The second-order valence-corrected chi connectivity index (χ2v) is 9.52. The predicted octanol–water partition coefficient (Wildman–Crippen LogP) is 2.93. The van der Waals surface area contributed by atoms with E-state index in [1.807, 2.05) is 66.2 Å². The quantitative estimate of drug-likeness (QED) is 0.493. The SMILES string of the molecule is Cn1c(C(NS(=O)(=O)c2ccc3c(c2)C(=O)NCC3)c2ccccc2)nc2ccccc21. The van der Waals surface area contributed by atoms with Gasteiger partial charge in [0.1, 0.15) is 11.9 Å². The minimum Gasteiger partial charge on any atom is -0.352 e. The number of amides is 1. The Morgan fingerprint density at radius 1 is 1.03 bits per heavy atom. The van der Waals surface area contributed by atoms with E-state index in [1.54, 1.807) is 12.1 Å². The number of hydrogen-bond donors (Lipinski definition) is 2. The van der Waals surface area contributed by atoms with Crippen LogP contribution in [0.25, 0.3) is 11.0 Å². The number of aryl methyl sites for hydroxylation is 1. The molecule has 32 heavy (non-hydrogen) atoms. The van der Waals surface area contributed by atoms with E-state index in [9.17, 15) is 13.2 Å². The van der Waals surface area contributed by atoms with Crippen LogP contribution in [0.5, 0.6) is 0 Å². The molecule has 8 heteroatoms. The van der Waals surface area contributed by atoms with Gasteiger partial charge in [-0.3, -0.25) is 4.79 Å². The van der Waals surface area contributed by atoms with Crippen molar-refractivity contribution in [2.75, 3.05) is 6.54 Å². The monoisotopic (exact) mass is 446 g/mol. The number of nitrogens with zero attached hydrogens (tertiary/aromatic N) is 2. The molecule has 3 aromatic carbocycles. The van der Waals surface area contributed by atoms with E-state index in [0.717, 1.165) is 22.2 Å². The van der Waals surface area contributed by atoms with Gasteiger partial charge in [-0.25, -0.2) is 13.4 Å². The number of hydrogen-bond acceptors (Lipinski definition) is 4. The minimum absolute atomic E-state index is 0.0491. The molecule has 4 aromatic rings. The van der Waals surface area contributed by atoms with Gasteiger partial charge in [-0.05, 0) is 41.8 Å². The number of sulfonamides is 1. The number of benzene rings is 3.